The molecule has 7 nitrogen and oxygen atoms in total. The van der Waals surface area contributed by atoms with Crippen LogP contribution in [0.2, 0.25) is 0 Å². The van der Waals surface area contributed by atoms with Crippen LogP contribution in [0.25, 0.3) is 0 Å². The fourth-order valence-electron chi connectivity index (χ4n) is 0.242. The second-order valence-electron chi connectivity index (χ2n) is 2.26. The summed E-state index contributed by atoms with van der Waals surface area (Å²) in [4.78, 5) is 18.9. The zero-order chi connectivity index (χ0) is 11.6. The number of carbonyl (C=O) groups excluding carboxylic acids is 2. The van der Waals surface area contributed by atoms with Crippen LogP contribution in [0.5, 0.6) is 0 Å². The third kappa shape index (κ3) is 9.23. The van der Waals surface area contributed by atoms with Crippen LogP contribution in [0, 0.1) is 0 Å². The number of aliphatic hydroxyl groups is 5. The van der Waals surface area contributed by atoms with Crippen molar-refractivity contribution in [1.29, 1.82) is 0 Å². The minimum Gasteiger partial charge on any atom is -0.394 e. The third-order valence-electron chi connectivity index (χ3n) is 1.06. The van der Waals surface area contributed by atoms with Crippen molar-refractivity contribution in [3.63, 3.8) is 0 Å². The van der Waals surface area contributed by atoms with Crippen LogP contribution >= 0.6 is 0 Å². The van der Waals surface area contributed by atoms with Crippen LogP contribution < -0.4 is 0 Å². The number of hydrogen-bond donors (Lipinski definition) is 5. The highest BCUT2D eigenvalue weighted by atomic mass is 16.4. The van der Waals surface area contributed by atoms with Gasteiger partial charge in [0, 0.05) is 0 Å². The van der Waals surface area contributed by atoms with E-state index >= 15 is 0 Å². The van der Waals surface area contributed by atoms with E-state index in [1.54, 1.807) is 0 Å². The number of carbonyl (C=O) groups is 2. The molecule has 14 heavy (non-hydrogen) atoms. The molecule has 1 unspecified atom stereocenters. The maximum Gasteiger partial charge on any atom is 0.151 e. The molecule has 3 atom stereocenters. The lowest BCUT2D eigenvalue weighted by Crippen LogP contribution is -2.30. The SMILES string of the molecule is O=CC(O)CO.O=C[C@H](O)[C@H](O)CO. The number of rotatable bonds is 5. The Balaban J connectivity index is 0. The van der Waals surface area contributed by atoms with Crippen LogP contribution in [0.15, 0.2) is 0 Å². The molecule has 0 aliphatic heterocycles. The monoisotopic (exact) mass is 210 g/mol. The minimum absolute atomic E-state index is 0.168. The second kappa shape index (κ2) is 10.2. The van der Waals surface area contributed by atoms with E-state index in [1.807, 2.05) is 0 Å². The minimum atomic E-state index is -1.46. The van der Waals surface area contributed by atoms with Gasteiger partial charge in [0.25, 0.3) is 0 Å². The van der Waals surface area contributed by atoms with Gasteiger partial charge in [-0.1, -0.05) is 0 Å². The molecule has 0 aliphatic rings. The lowest BCUT2D eigenvalue weighted by atomic mass is 10.2. The molecule has 5 N–H and O–H groups in total. The van der Waals surface area contributed by atoms with E-state index in [1.165, 1.54) is 0 Å². The zero-order valence-corrected chi connectivity index (χ0v) is 7.35. The Labute approximate surface area is 80.2 Å². The molecule has 0 rings (SSSR count). The van der Waals surface area contributed by atoms with Gasteiger partial charge in [0.1, 0.15) is 18.3 Å². The van der Waals surface area contributed by atoms with Gasteiger partial charge in [-0.05, 0) is 0 Å². The summed E-state index contributed by atoms with van der Waals surface area (Å²) in [5.74, 6) is 0. The Morgan fingerprint density at radius 3 is 1.50 bits per heavy atom. The molecule has 84 valence electrons. The van der Waals surface area contributed by atoms with Gasteiger partial charge in [-0.15, -0.1) is 0 Å². The van der Waals surface area contributed by atoms with Gasteiger partial charge < -0.3 is 35.1 Å². The summed E-state index contributed by atoms with van der Waals surface area (Å²) in [6, 6.07) is 0. The van der Waals surface area contributed by atoms with Gasteiger partial charge in [0.15, 0.2) is 12.6 Å². The van der Waals surface area contributed by atoms with E-state index in [9.17, 15) is 9.59 Å². The Morgan fingerprint density at radius 1 is 0.929 bits per heavy atom. The second-order valence-corrected chi connectivity index (χ2v) is 2.26. The van der Waals surface area contributed by atoms with Crippen molar-refractivity contribution in [2.75, 3.05) is 13.2 Å². The molecule has 0 bridgehead atoms. The number of aldehydes is 2. The van der Waals surface area contributed by atoms with Gasteiger partial charge in [0.05, 0.1) is 13.2 Å². The average molecular weight is 210 g/mol. The number of hydrogen-bond acceptors (Lipinski definition) is 7. The molecule has 0 saturated heterocycles. The van der Waals surface area contributed by atoms with Gasteiger partial charge in [-0.2, -0.15) is 0 Å². The normalized spacial score (nSPS) is 15.8. The van der Waals surface area contributed by atoms with Crippen molar-refractivity contribution in [1.82, 2.24) is 0 Å². The maximum absolute atomic E-state index is 9.58. The summed E-state index contributed by atoms with van der Waals surface area (Å²) in [6.07, 6.45) is -3.54. The van der Waals surface area contributed by atoms with E-state index in [0.717, 1.165) is 0 Å². The van der Waals surface area contributed by atoms with Gasteiger partial charge in [0.2, 0.25) is 0 Å². The summed E-state index contributed by atoms with van der Waals surface area (Å²) < 4.78 is 0. The molecule has 0 aromatic heterocycles. The molecule has 0 spiro atoms. The summed E-state index contributed by atoms with van der Waals surface area (Å²) in [5.41, 5.74) is 0. The molecule has 0 amide bonds. The van der Waals surface area contributed by atoms with E-state index in [2.05, 4.69) is 0 Å². The molecule has 0 aliphatic carbocycles. The molecule has 0 fully saturated rings. The van der Waals surface area contributed by atoms with Gasteiger partial charge in [-0.25, -0.2) is 0 Å². The highest BCUT2D eigenvalue weighted by Gasteiger charge is 2.12. The molecule has 0 aromatic rings. The first kappa shape index (κ1) is 15.6. The topological polar surface area (TPSA) is 135 Å². The van der Waals surface area contributed by atoms with E-state index < -0.39 is 31.5 Å². The quantitative estimate of drug-likeness (QED) is 0.296. The van der Waals surface area contributed by atoms with Crippen molar-refractivity contribution in [3.05, 3.63) is 0 Å². The van der Waals surface area contributed by atoms with Crippen molar-refractivity contribution in [2.24, 2.45) is 0 Å². The first-order valence-corrected chi connectivity index (χ1v) is 3.69. The van der Waals surface area contributed by atoms with Crippen LogP contribution in [0.4, 0.5) is 0 Å². The molecule has 7 heteroatoms. The largest absolute Gasteiger partial charge is 0.394 e. The highest BCUT2D eigenvalue weighted by Crippen LogP contribution is 1.85. The predicted molar refractivity (Wildman–Crippen MR) is 44.3 cm³/mol. The summed E-state index contributed by atoms with van der Waals surface area (Å²) in [7, 11) is 0. The molecule has 0 saturated carbocycles. The first-order chi connectivity index (χ1) is 6.53. The fourth-order valence-corrected chi connectivity index (χ4v) is 0.242. The predicted octanol–water partition coefficient (Wildman–Crippen LogP) is -3.56. The zero-order valence-electron chi connectivity index (χ0n) is 7.35. The summed E-state index contributed by atoms with van der Waals surface area (Å²) >= 11 is 0. The van der Waals surface area contributed by atoms with Gasteiger partial charge in [-0.3, -0.25) is 0 Å². The van der Waals surface area contributed by atoms with Crippen LogP contribution in [0.1, 0.15) is 0 Å². The van der Waals surface area contributed by atoms with Crippen LogP contribution in [-0.4, -0.2) is 69.6 Å². The van der Waals surface area contributed by atoms with Crippen molar-refractivity contribution >= 4 is 12.6 Å². The average Bonchev–Trinajstić information content (AvgIpc) is 2.26. The number of aliphatic hydroxyl groups excluding tert-OH is 5. The van der Waals surface area contributed by atoms with Crippen molar-refractivity contribution in [2.45, 2.75) is 18.3 Å². The van der Waals surface area contributed by atoms with Gasteiger partial charge >= 0.3 is 0 Å². The van der Waals surface area contributed by atoms with Crippen molar-refractivity contribution in [3.8, 4) is 0 Å². The third-order valence-corrected chi connectivity index (χ3v) is 1.06. The fraction of sp³-hybridized carbons (Fsp3) is 0.714. The standard InChI is InChI=1S/C4H8O4.C3H6O3/c5-1-3(7)4(8)2-6;4-1-3(6)2-5/h1,3-4,6-8H,2H2;1,3,5-6H,2H2/t3-,4+;/m0./s1. The smallest absolute Gasteiger partial charge is 0.151 e. The Hall–Kier alpha value is -0.860. The Bertz CT molecular complexity index is 149. The highest BCUT2D eigenvalue weighted by molar-refractivity contribution is 5.56. The molecule has 0 radical (unpaired) electrons. The first-order valence-electron chi connectivity index (χ1n) is 3.69. The summed E-state index contributed by atoms with van der Waals surface area (Å²) in [5, 5.41) is 40.7. The summed E-state index contributed by atoms with van der Waals surface area (Å²) in [6.45, 7) is -1.08. The molecular weight excluding hydrogens is 196 g/mol. The molecule has 0 heterocycles. The van der Waals surface area contributed by atoms with Crippen molar-refractivity contribution < 1.29 is 35.1 Å². The molecular formula is C7H14O7. The van der Waals surface area contributed by atoms with E-state index in [4.69, 9.17) is 25.5 Å². The lowest BCUT2D eigenvalue weighted by Gasteiger charge is -2.06. The van der Waals surface area contributed by atoms with E-state index in [-0.39, 0.29) is 12.6 Å². The Kier molecular flexibility index (Phi) is 11.4. The van der Waals surface area contributed by atoms with Crippen LogP contribution in [0.3, 0.4) is 0 Å². The Morgan fingerprint density at radius 2 is 1.43 bits per heavy atom. The van der Waals surface area contributed by atoms with E-state index in [0.29, 0.717) is 0 Å². The maximum atomic E-state index is 9.58. The van der Waals surface area contributed by atoms with Crippen LogP contribution in [-0.2, 0) is 9.59 Å². The molecule has 0 aromatic carbocycles. The lowest BCUT2D eigenvalue weighted by molar-refractivity contribution is -0.121.